The third-order valence-corrected chi connectivity index (χ3v) is 4.94. The number of benzene rings is 3. The largest absolute Gasteiger partial charge is 0.497 e. The molecule has 0 aliphatic rings. The third-order valence-electron chi connectivity index (χ3n) is 4.94. The molecule has 0 saturated heterocycles. The van der Waals surface area contributed by atoms with Crippen LogP contribution in [0.25, 0.3) is 0 Å². The van der Waals surface area contributed by atoms with Crippen molar-refractivity contribution in [3.63, 3.8) is 0 Å². The van der Waals surface area contributed by atoms with Gasteiger partial charge in [0.05, 0.1) is 35.5 Å². The lowest BCUT2D eigenvalue weighted by Crippen LogP contribution is -2.07. The molecule has 5 heteroatoms. The fourth-order valence-corrected chi connectivity index (χ4v) is 3.50. The van der Waals surface area contributed by atoms with Crippen molar-refractivity contribution in [3.8, 4) is 28.7 Å². The second-order valence-corrected chi connectivity index (χ2v) is 6.40. The Balaban J connectivity index is 2.21. The Bertz CT molecular complexity index is 885. The van der Waals surface area contributed by atoms with Crippen LogP contribution in [0.5, 0.6) is 28.7 Å². The smallest absolute Gasteiger partial charge is 0.203 e. The van der Waals surface area contributed by atoms with E-state index in [1.165, 1.54) is 0 Å². The topological polar surface area (TPSA) is 46.2 Å². The molecular weight excluding hydrogens is 368 g/mol. The zero-order valence-electron chi connectivity index (χ0n) is 17.4. The molecule has 3 aromatic carbocycles. The van der Waals surface area contributed by atoms with Gasteiger partial charge in [-0.05, 0) is 41.5 Å². The van der Waals surface area contributed by atoms with Crippen molar-refractivity contribution in [1.29, 1.82) is 0 Å². The van der Waals surface area contributed by atoms with E-state index in [1.54, 1.807) is 35.5 Å². The van der Waals surface area contributed by atoms with Gasteiger partial charge < -0.3 is 23.7 Å². The molecule has 0 spiro atoms. The minimum atomic E-state index is -0.0819. The van der Waals surface area contributed by atoms with Crippen LogP contribution in [0.1, 0.15) is 22.6 Å². The van der Waals surface area contributed by atoms with Crippen LogP contribution in [0.3, 0.4) is 0 Å². The first-order valence-electron chi connectivity index (χ1n) is 9.23. The molecule has 0 heterocycles. The normalized spacial score (nSPS) is 10.6. The van der Waals surface area contributed by atoms with E-state index in [4.69, 9.17) is 23.7 Å². The highest BCUT2D eigenvalue weighted by molar-refractivity contribution is 5.60. The highest BCUT2D eigenvalue weighted by atomic mass is 16.5. The van der Waals surface area contributed by atoms with Crippen LogP contribution in [0.2, 0.25) is 0 Å². The Morgan fingerprint density at radius 3 is 1.34 bits per heavy atom. The van der Waals surface area contributed by atoms with Gasteiger partial charge in [-0.1, -0.05) is 30.3 Å². The van der Waals surface area contributed by atoms with Crippen molar-refractivity contribution in [3.05, 3.63) is 77.4 Å². The van der Waals surface area contributed by atoms with Gasteiger partial charge in [0.25, 0.3) is 0 Å². The summed E-state index contributed by atoms with van der Waals surface area (Å²) in [6, 6.07) is 20.0. The number of methoxy groups -OCH3 is 5. The summed E-state index contributed by atoms with van der Waals surface area (Å²) in [6.45, 7) is 0. The predicted molar refractivity (Wildman–Crippen MR) is 113 cm³/mol. The Morgan fingerprint density at radius 1 is 0.483 bits per heavy atom. The lowest BCUT2D eigenvalue weighted by molar-refractivity contribution is 0.322. The van der Waals surface area contributed by atoms with E-state index in [2.05, 4.69) is 24.3 Å². The van der Waals surface area contributed by atoms with Gasteiger partial charge >= 0.3 is 0 Å². The highest BCUT2D eigenvalue weighted by Gasteiger charge is 2.25. The van der Waals surface area contributed by atoms with Gasteiger partial charge in [0, 0.05) is 11.5 Å². The summed E-state index contributed by atoms with van der Waals surface area (Å²) < 4.78 is 27.5. The van der Waals surface area contributed by atoms with Gasteiger partial charge in [0.1, 0.15) is 11.5 Å². The Morgan fingerprint density at radius 2 is 0.966 bits per heavy atom. The van der Waals surface area contributed by atoms with E-state index < -0.39 is 0 Å². The van der Waals surface area contributed by atoms with Gasteiger partial charge in [-0.25, -0.2) is 0 Å². The maximum Gasteiger partial charge on any atom is 0.203 e. The summed E-state index contributed by atoms with van der Waals surface area (Å²) in [4.78, 5) is 0. The van der Waals surface area contributed by atoms with Crippen LogP contribution >= 0.6 is 0 Å². The van der Waals surface area contributed by atoms with Crippen molar-refractivity contribution in [2.45, 2.75) is 5.92 Å². The summed E-state index contributed by atoms with van der Waals surface area (Å²) in [7, 11) is 8.18. The molecule has 0 N–H and O–H groups in total. The van der Waals surface area contributed by atoms with Crippen molar-refractivity contribution in [2.24, 2.45) is 0 Å². The average Bonchev–Trinajstić information content (AvgIpc) is 2.79. The molecular formula is C24H26O5. The minimum absolute atomic E-state index is 0.0819. The average molecular weight is 394 g/mol. The first-order valence-corrected chi connectivity index (χ1v) is 9.23. The SMILES string of the molecule is COc1ccc(C(c2ccc(OC)cc2)c2ccc(OC)c(OC)c2OC)cc1. The monoisotopic (exact) mass is 394 g/mol. The lowest BCUT2D eigenvalue weighted by Gasteiger charge is -2.24. The fraction of sp³-hybridized carbons (Fsp3) is 0.250. The molecule has 0 unspecified atom stereocenters. The molecule has 0 saturated carbocycles. The van der Waals surface area contributed by atoms with Crippen molar-refractivity contribution in [2.75, 3.05) is 35.5 Å². The van der Waals surface area contributed by atoms with Crippen molar-refractivity contribution in [1.82, 2.24) is 0 Å². The molecule has 0 radical (unpaired) electrons. The maximum atomic E-state index is 5.77. The fourth-order valence-electron chi connectivity index (χ4n) is 3.50. The zero-order chi connectivity index (χ0) is 20.8. The van der Waals surface area contributed by atoms with E-state index >= 15 is 0 Å². The number of hydrogen-bond donors (Lipinski definition) is 0. The summed E-state index contributed by atoms with van der Waals surface area (Å²) in [5.74, 6) is 3.36. The molecule has 0 atom stereocenters. The van der Waals surface area contributed by atoms with Crippen LogP contribution in [-0.4, -0.2) is 35.5 Å². The molecule has 0 aliphatic heterocycles. The summed E-state index contributed by atoms with van der Waals surface area (Å²) in [5.41, 5.74) is 3.17. The zero-order valence-corrected chi connectivity index (χ0v) is 17.4. The van der Waals surface area contributed by atoms with Gasteiger partial charge in [-0.3, -0.25) is 0 Å². The van der Waals surface area contributed by atoms with E-state index in [1.807, 2.05) is 36.4 Å². The van der Waals surface area contributed by atoms with Gasteiger partial charge in [0.15, 0.2) is 11.5 Å². The quantitative estimate of drug-likeness (QED) is 0.508. The third kappa shape index (κ3) is 4.09. The lowest BCUT2D eigenvalue weighted by atomic mass is 9.84. The van der Waals surface area contributed by atoms with Gasteiger partial charge in [-0.2, -0.15) is 0 Å². The van der Waals surface area contributed by atoms with E-state index in [0.29, 0.717) is 17.2 Å². The molecule has 29 heavy (non-hydrogen) atoms. The van der Waals surface area contributed by atoms with Crippen LogP contribution in [0.15, 0.2) is 60.7 Å². The maximum absolute atomic E-state index is 5.77. The Hall–Kier alpha value is -3.34. The number of rotatable bonds is 8. The second kappa shape index (κ2) is 9.24. The minimum Gasteiger partial charge on any atom is -0.497 e. The van der Waals surface area contributed by atoms with Crippen LogP contribution < -0.4 is 23.7 Å². The summed E-state index contributed by atoms with van der Waals surface area (Å²) >= 11 is 0. The molecule has 0 fully saturated rings. The molecule has 5 nitrogen and oxygen atoms in total. The first kappa shape index (κ1) is 20.4. The molecule has 3 rings (SSSR count). The van der Waals surface area contributed by atoms with Crippen LogP contribution in [-0.2, 0) is 0 Å². The Kier molecular flexibility index (Phi) is 6.50. The van der Waals surface area contributed by atoms with Gasteiger partial charge in [-0.15, -0.1) is 0 Å². The molecule has 3 aromatic rings. The van der Waals surface area contributed by atoms with Gasteiger partial charge in [0.2, 0.25) is 5.75 Å². The molecule has 0 aliphatic carbocycles. The van der Waals surface area contributed by atoms with E-state index in [-0.39, 0.29) is 5.92 Å². The van der Waals surface area contributed by atoms with Crippen LogP contribution in [0, 0.1) is 0 Å². The standard InChI is InChI=1S/C24H26O5/c1-25-18-10-6-16(7-11-18)22(17-8-12-19(26-2)13-9-17)20-14-15-21(27-3)24(29-5)23(20)28-4/h6-15,22H,1-5H3. The molecule has 0 aromatic heterocycles. The first-order chi connectivity index (χ1) is 14.2. The number of ether oxygens (including phenoxy) is 5. The van der Waals surface area contributed by atoms with E-state index in [0.717, 1.165) is 28.2 Å². The highest BCUT2D eigenvalue weighted by Crippen LogP contribution is 2.46. The molecule has 0 bridgehead atoms. The summed E-state index contributed by atoms with van der Waals surface area (Å²) in [6.07, 6.45) is 0. The number of hydrogen-bond acceptors (Lipinski definition) is 5. The van der Waals surface area contributed by atoms with E-state index in [9.17, 15) is 0 Å². The van der Waals surface area contributed by atoms with Crippen LogP contribution in [0.4, 0.5) is 0 Å². The second-order valence-electron chi connectivity index (χ2n) is 6.40. The van der Waals surface area contributed by atoms with Crippen molar-refractivity contribution < 1.29 is 23.7 Å². The predicted octanol–water partition coefficient (Wildman–Crippen LogP) is 4.91. The Labute approximate surface area is 171 Å². The summed E-state index contributed by atoms with van der Waals surface area (Å²) in [5, 5.41) is 0. The molecule has 152 valence electrons. The van der Waals surface area contributed by atoms with Crippen molar-refractivity contribution >= 4 is 0 Å². The molecule has 0 amide bonds.